The third kappa shape index (κ3) is 5.35. The average Bonchev–Trinajstić information content (AvgIpc) is 3.61. The summed E-state index contributed by atoms with van der Waals surface area (Å²) in [5, 5.41) is 4.90. The number of carbonyl (C=O) groups excluding carboxylic acids is 1. The smallest absolute Gasteiger partial charge is 0.338 e. The first-order chi connectivity index (χ1) is 20.9. The van der Waals surface area contributed by atoms with Gasteiger partial charge < -0.3 is 9.47 Å². The molecule has 0 radical (unpaired) electrons. The number of allylic oxidation sites excluding steroid dienone is 1. The number of ether oxygens (including phenoxy) is 2. The van der Waals surface area contributed by atoms with Gasteiger partial charge in [0.15, 0.2) is 4.80 Å². The summed E-state index contributed by atoms with van der Waals surface area (Å²) in [7, 11) is 2.97. The number of carbonyl (C=O) groups is 1. The van der Waals surface area contributed by atoms with Gasteiger partial charge in [-0.3, -0.25) is 9.36 Å². The number of methoxy groups -OCH3 is 2. The lowest BCUT2D eigenvalue weighted by Crippen LogP contribution is -2.39. The summed E-state index contributed by atoms with van der Waals surface area (Å²) in [5.74, 6) is 0.226. The molecule has 0 bridgehead atoms. The van der Waals surface area contributed by atoms with E-state index in [-0.39, 0.29) is 5.56 Å². The van der Waals surface area contributed by atoms with Crippen molar-refractivity contribution in [2.45, 2.75) is 17.9 Å². The molecule has 1 atom stereocenters. The van der Waals surface area contributed by atoms with E-state index in [9.17, 15) is 9.59 Å². The zero-order valence-electron chi connectivity index (χ0n) is 24.0. The van der Waals surface area contributed by atoms with Crippen LogP contribution in [0, 0.1) is 0 Å². The molecule has 1 aliphatic rings. The second kappa shape index (κ2) is 11.9. The minimum absolute atomic E-state index is 0.246. The second-order valence-corrected chi connectivity index (χ2v) is 11.7. The van der Waals surface area contributed by atoms with Gasteiger partial charge in [-0.1, -0.05) is 41.7 Å². The van der Waals surface area contributed by atoms with Gasteiger partial charge in [0.2, 0.25) is 0 Å². The number of thiazole rings is 1. The van der Waals surface area contributed by atoms with Gasteiger partial charge in [0.1, 0.15) is 11.4 Å². The maximum atomic E-state index is 14.2. The minimum Gasteiger partial charge on any atom is -0.497 e. The molecule has 0 amide bonds. The number of aromatic nitrogens is 3. The maximum Gasteiger partial charge on any atom is 0.338 e. The zero-order chi connectivity index (χ0) is 30.1. The second-order valence-electron chi connectivity index (χ2n) is 9.79. The Morgan fingerprint density at radius 1 is 1.00 bits per heavy atom. The van der Waals surface area contributed by atoms with E-state index in [4.69, 9.17) is 14.6 Å². The number of rotatable bonds is 7. The van der Waals surface area contributed by atoms with Crippen molar-refractivity contribution in [3.05, 3.63) is 127 Å². The van der Waals surface area contributed by atoms with Crippen LogP contribution in [-0.4, -0.2) is 40.8 Å². The van der Waals surface area contributed by atoms with Crippen LogP contribution in [0.4, 0.5) is 0 Å². The molecular formula is C33H28N4O4S2. The van der Waals surface area contributed by atoms with Crippen molar-refractivity contribution in [2.24, 2.45) is 4.99 Å². The fraction of sp³-hybridized carbons (Fsp3) is 0.152. The minimum atomic E-state index is -0.671. The van der Waals surface area contributed by atoms with Crippen LogP contribution in [0.2, 0.25) is 0 Å². The van der Waals surface area contributed by atoms with E-state index in [2.05, 4.69) is 4.99 Å². The normalized spacial score (nSPS) is 14.8. The molecule has 1 aliphatic heterocycles. The first-order valence-corrected chi connectivity index (χ1v) is 15.5. The number of thioether (sulfide) groups is 1. The van der Waals surface area contributed by atoms with Crippen LogP contribution in [0.1, 0.15) is 24.1 Å². The third-order valence-corrected chi connectivity index (χ3v) is 9.00. The van der Waals surface area contributed by atoms with Crippen LogP contribution >= 0.6 is 23.1 Å². The number of hydrogen-bond donors (Lipinski definition) is 0. The molecule has 0 saturated heterocycles. The summed E-state index contributed by atoms with van der Waals surface area (Å²) in [5.41, 5.74) is 4.68. The summed E-state index contributed by atoms with van der Waals surface area (Å²) in [4.78, 5) is 33.4. The number of esters is 1. The van der Waals surface area contributed by atoms with E-state index in [0.29, 0.717) is 26.3 Å². The van der Waals surface area contributed by atoms with Crippen molar-refractivity contribution in [1.82, 2.24) is 14.3 Å². The summed E-state index contributed by atoms with van der Waals surface area (Å²) in [6, 6.07) is 24.7. The quantitative estimate of drug-likeness (QED) is 0.191. The van der Waals surface area contributed by atoms with Crippen LogP contribution in [0.15, 0.2) is 111 Å². The first-order valence-electron chi connectivity index (χ1n) is 13.5. The molecule has 3 aromatic carbocycles. The topological polar surface area (TPSA) is 87.7 Å². The summed E-state index contributed by atoms with van der Waals surface area (Å²) in [6.07, 6.45) is 5.76. The Morgan fingerprint density at radius 3 is 2.37 bits per heavy atom. The molecule has 5 aromatic rings. The molecule has 0 fully saturated rings. The molecule has 2 aromatic heterocycles. The molecule has 0 spiro atoms. The SMILES string of the molecule is COC(=O)C1=C(C)N=c2sc(=Cc3cn(-c4ccccc4)nc3-c3ccc(OC)cc3)c(=O)n2C1c1ccc(SC)cc1. The Bertz CT molecular complexity index is 2020. The van der Waals surface area contributed by atoms with Gasteiger partial charge in [-0.15, -0.1) is 11.8 Å². The van der Waals surface area contributed by atoms with Crippen molar-refractivity contribution in [3.63, 3.8) is 0 Å². The van der Waals surface area contributed by atoms with E-state index in [0.717, 1.165) is 33.0 Å². The fourth-order valence-corrected chi connectivity index (χ4v) is 6.56. The number of nitrogens with zero attached hydrogens (tertiary/aromatic N) is 4. The molecule has 3 heterocycles. The largest absolute Gasteiger partial charge is 0.497 e. The predicted octanol–water partition coefficient (Wildman–Crippen LogP) is 4.99. The highest BCUT2D eigenvalue weighted by molar-refractivity contribution is 7.98. The summed E-state index contributed by atoms with van der Waals surface area (Å²) in [6.45, 7) is 1.78. The molecule has 43 heavy (non-hydrogen) atoms. The van der Waals surface area contributed by atoms with E-state index in [1.165, 1.54) is 18.4 Å². The van der Waals surface area contributed by atoms with E-state index >= 15 is 0 Å². The van der Waals surface area contributed by atoms with Crippen molar-refractivity contribution in [2.75, 3.05) is 20.5 Å². The Balaban J connectivity index is 1.55. The first kappa shape index (κ1) is 28.4. The molecule has 0 N–H and O–H groups in total. The van der Waals surface area contributed by atoms with Gasteiger partial charge in [0, 0.05) is 22.2 Å². The van der Waals surface area contributed by atoms with Crippen LogP contribution in [-0.2, 0) is 9.53 Å². The zero-order valence-corrected chi connectivity index (χ0v) is 25.6. The van der Waals surface area contributed by atoms with Crippen molar-refractivity contribution in [1.29, 1.82) is 0 Å². The Kier molecular flexibility index (Phi) is 7.88. The molecular weight excluding hydrogens is 581 g/mol. The van der Waals surface area contributed by atoms with Crippen LogP contribution < -0.4 is 19.6 Å². The van der Waals surface area contributed by atoms with Crippen molar-refractivity contribution < 1.29 is 14.3 Å². The molecule has 8 nitrogen and oxygen atoms in total. The van der Waals surface area contributed by atoms with Gasteiger partial charge in [-0.05, 0) is 73.3 Å². The van der Waals surface area contributed by atoms with Gasteiger partial charge in [-0.25, -0.2) is 14.5 Å². The molecule has 6 rings (SSSR count). The van der Waals surface area contributed by atoms with E-state index in [1.807, 2.05) is 97.4 Å². The number of benzene rings is 3. The lowest BCUT2D eigenvalue weighted by atomic mass is 9.96. The van der Waals surface area contributed by atoms with Gasteiger partial charge in [-0.2, -0.15) is 5.10 Å². The predicted molar refractivity (Wildman–Crippen MR) is 170 cm³/mol. The highest BCUT2D eigenvalue weighted by atomic mass is 32.2. The van der Waals surface area contributed by atoms with Crippen LogP contribution in [0.5, 0.6) is 5.75 Å². The van der Waals surface area contributed by atoms with Gasteiger partial charge in [0.05, 0.1) is 41.8 Å². The Labute approximate surface area is 256 Å². The van der Waals surface area contributed by atoms with Crippen LogP contribution in [0.25, 0.3) is 23.0 Å². The molecule has 0 saturated carbocycles. The molecule has 1 unspecified atom stereocenters. The van der Waals surface area contributed by atoms with Gasteiger partial charge >= 0.3 is 5.97 Å². The summed E-state index contributed by atoms with van der Waals surface area (Å²) < 4.78 is 14.4. The third-order valence-electron chi connectivity index (χ3n) is 7.27. The lowest BCUT2D eigenvalue weighted by Gasteiger charge is -2.24. The Hall–Kier alpha value is -4.67. The van der Waals surface area contributed by atoms with Crippen molar-refractivity contribution in [3.8, 4) is 22.7 Å². The van der Waals surface area contributed by atoms with Crippen molar-refractivity contribution >= 4 is 35.1 Å². The molecule has 216 valence electrons. The standard InChI is InChI=1S/C33H28N4O4S2/c1-20-28(32(39)41-3)30(22-12-16-26(42-4)17-13-22)37-31(38)27(43-33(37)34-20)18-23-19-36(24-8-6-5-7-9-24)35-29(23)21-10-14-25(40-2)15-11-21/h5-19,30H,1-4H3. The van der Waals surface area contributed by atoms with E-state index < -0.39 is 12.0 Å². The fourth-order valence-electron chi connectivity index (χ4n) is 5.11. The highest BCUT2D eigenvalue weighted by Crippen LogP contribution is 2.32. The molecule has 10 heteroatoms. The lowest BCUT2D eigenvalue weighted by molar-refractivity contribution is -0.136. The summed E-state index contributed by atoms with van der Waals surface area (Å²) >= 11 is 2.91. The highest BCUT2D eigenvalue weighted by Gasteiger charge is 2.33. The maximum absolute atomic E-state index is 14.2. The van der Waals surface area contributed by atoms with Gasteiger partial charge in [0.25, 0.3) is 5.56 Å². The molecule has 0 aliphatic carbocycles. The Morgan fingerprint density at radius 2 is 1.72 bits per heavy atom. The average molecular weight is 609 g/mol. The van der Waals surface area contributed by atoms with Crippen LogP contribution in [0.3, 0.4) is 0 Å². The number of hydrogen-bond acceptors (Lipinski definition) is 8. The number of fused-ring (bicyclic) bond motifs is 1. The monoisotopic (exact) mass is 608 g/mol. The number of para-hydroxylation sites is 1. The van der Waals surface area contributed by atoms with E-state index in [1.54, 1.807) is 35.0 Å².